The Morgan fingerprint density at radius 2 is 0.651 bits per heavy atom. The van der Waals surface area contributed by atoms with Gasteiger partial charge in [-0.3, -0.25) is 0 Å². The highest BCUT2D eigenvalue weighted by molar-refractivity contribution is 7.97. The third-order valence-electron chi connectivity index (χ3n) is 7.49. The van der Waals surface area contributed by atoms with E-state index in [1.807, 2.05) is 0 Å². The molecule has 0 fully saturated rings. The first-order valence-corrected chi connectivity index (χ1v) is 21.4. The molecule has 0 unspecified atom stereocenters. The first-order valence-electron chi connectivity index (χ1n) is 16.0. The lowest BCUT2D eigenvalue weighted by molar-refractivity contribution is -0.145. The van der Waals surface area contributed by atoms with Gasteiger partial charge in [0.1, 0.15) is 21.3 Å². The van der Waals surface area contributed by atoms with E-state index in [9.17, 15) is 82.7 Å². The summed E-state index contributed by atoms with van der Waals surface area (Å²) in [5.41, 5.74) is -13.2. The molecule has 0 aliphatic heterocycles. The lowest BCUT2D eigenvalue weighted by Crippen LogP contribution is -2.21. The molecule has 0 radical (unpaired) electrons. The molecule has 0 aliphatic carbocycles. The Morgan fingerprint density at radius 1 is 0.397 bits per heavy atom. The molecule has 0 bridgehead atoms. The van der Waals surface area contributed by atoms with Gasteiger partial charge in [0.05, 0.1) is 33.1 Å². The smallest absolute Gasteiger partial charge is 0.485 e. The summed E-state index contributed by atoms with van der Waals surface area (Å²) in [4.78, 5) is -1.39. The van der Waals surface area contributed by atoms with Crippen LogP contribution in [0.3, 0.4) is 0 Å². The van der Waals surface area contributed by atoms with Crippen LogP contribution in [0, 0.1) is 0 Å². The van der Waals surface area contributed by atoms with Gasteiger partial charge in [-0.2, -0.15) is 82.7 Å². The van der Waals surface area contributed by atoms with Crippen molar-refractivity contribution in [3.63, 3.8) is 0 Å². The van der Waals surface area contributed by atoms with Crippen LogP contribution in [0.5, 0.6) is 11.5 Å². The summed E-state index contributed by atoms with van der Waals surface area (Å²) in [5, 5.41) is 0. The Hall–Kier alpha value is -5.19. The highest BCUT2D eigenvalue weighted by Gasteiger charge is 2.41. The maximum atomic E-state index is 13.3. The van der Waals surface area contributed by atoms with Crippen molar-refractivity contribution in [2.75, 3.05) is 0 Å². The molecule has 5 rings (SSSR count). The van der Waals surface area contributed by atoms with E-state index in [-0.39, 0.29) is 36.4 Å². The lowest BCUT2D eigenvalue weighted by Gasteiger charge is -2.15. The quantitative estimate of drug-likeness (QED) is 0.0463. The van der Waals surface area contributed by atoms with Crippen LogP contribution in [-0.2, 0) is 66.0 Å². The molecule has 0 heterocycles. The minimum absolute atomic E-state index is 0.0101. The van der Waals surface area contributed by atoms with Crippen LogP contribution in [0.2, 0.25) is 0 Å². The molecule has 5 aromatic rings. The van der Waals surface area contributed by atoms with Gasteiger partial charge >= 0.3 is 50.4 Å². The molecule has 0 saturated carbocycles. The summed E-state index contributed by atoms with van der Waals surface area (Å²) >= 11 is 0. The van der Waals surface area contributed by atoms with E-state index < -0.39 is 115 Å². The highest BCUT2D eigenvalue weighted by atomic mass is 32.2. The average molecular weight is 997 g/mol. The van der Waals surface area contributed by atoms with Gasteiger partial charge in [-0.15, -0.1) is 0 Å². The SMILES string of the molecule is O=S(=O)(Oc1ccc([S+](c2ccccc2)c2ccc(OS(=O)(=O)c3cc(C(F)(F)F)cc(C(F)(F)F)c3)cc2)cc1)c1cc(C(F)(F)F)cc(C(F)(F)F)c1.O=S(=O)([O-])C(F)(F)F. The summed E-state index contributed by atoms with van der Waals surface area (Å²) < 4.78 is 280. The molecule has 0 saturated heterocycles. The molecule has 342 valence electrons. The molecule has 0 N–H and O–H groups in total. The van der Waals surface area contributed by atoms with Crippen LogP contribution in [-0.4, -0.2) is 35.3 Å². The second-order valence-electron chi connectivity index (χ2n) is 12.0. The zero-order valence-corrected chi connectivity index (χ0v) is 33.2. The van der Waals surface area contributed by atoms with Crippen LogP contribution < -0.4 is 8.37 Å². The van der Waals surface area contributed by atoms with E-state index in [1.54, 1.807) is 30.3 Å². The predicted octanol–water partition coefficient (Wildman–Crippen LogP) is 10.4. The Balaban J connectivity index is 0.000000990. The molecule has 9 nitrogen and oxygen atoms in total. The largest absolute Gasteiger partial charge is 0.741 e. The molecule has 0 atom stereocenters. The van der Waals surface area contributed by atoms with Gasteiger partial charge in [0.15, 0.2) is 24.8 Å². The first-order chi connectivity index (χ1) is 28.5. The molecule has 0 spiro atoms. The number of hydrogen-bond donors (Lipinski definition) is 0. The van der Waals surface area contributed by atoms with Crippen molar-refractivity contribution in [2.24, 2.45) is 0 Å². The maximum absolute atomic E-state index is 13.3. The molecule has 28 heteroatoms. The van der Waals surface area contributed by atoms with Gasteiger partial charge in [-0.1, -0.05) is 18.2 Å². The van der Waals surface area contributed by atoms with Crippen LogP contribution >= 0.6 is 0 Å². The summed E-state index contributed by atoms with van der Waals surface area (Å²) in [7, 11) is -17.7. The zero-order valence-electron chi connectivity index (χ0n) is 29.9. The van der Waals surface area contributed by atoms with Crippen molar-refractivity contribution in [1.29, 1.82) is 0 Å². The molecule has 63 heavy (non-hydrogen) atoms. The number of rotatable bonds is 9. The predicted molar refractivity (Wildman–Crippen MR) is 186 cm³/mol. The molecule has 0 aromatic heterocycles. The van der Waals surface area contributed by atoms with Crippen LogP contribution in [0.25, 0.3) is 0 Å². The number of alkyl halides is 15. The standard InChI is InChI=1S/C34H19F12O6S3.CHF3O3S/c35-31(36,37)20-14-21(32(38,39)40)17-29(16-20)54(47,48)51-24-6-10-27(11-7-24)53(26-4-2-1-3-5-26)28-12-8-25(9-13-28)52-55(49,50)30-18-22(33(41,42)43)15-23(19-30)34(44,45)46;2-1(3,4)8(5,6)7/h1-19H;(H,5,6,7)/q+1;/p-1. The van der Waals surface area contributed by atoms with Crippen molar-refractivity contribution in [2.45, 2.75) is 54.7 Å². The van der Waals surface area contributed by atoms with Crippen molar-refractivity contribution in [1.82, 2.24) is 0 Å². The van der Waals surface area contributed by atoms with Crippen molar-refractivity contribution < 1.29 is 104 Å². The van der Waals surface area contributed by atoms with E-state index in [1.165, 1.54) is 24.3 Å². The Bertz CT molecular complexity index is 2540. The Morgan fingerprint density at radius 3 is 0.889 bits per heavy atom. The molecular formula is C35H19F15O9S4. The molecule has 0 aliphatic rings. The monoisotopic (exact) mass is 996 g/mol. The molecular weight excluding hydrogens is 978 g/mol. The second-order valence-corrected chi connectivity index (χ2v) is 18.5. The zero-order chi connectivity index (χ0) is 47.8. The van der Waals surface area contributed by atoms with Gasteiger partial charge in [-0.05, 0) is 97.1 Å². The fourth-order valence-electron chi connectivity index (χ4n) is 4.72. The van der Waals surface area contributed by atoms with Gasteiger partial charge in [-0.25, -0.2) is 8.42 Å². The fourth-order valence-corrected chi connectivity index (χ4v) is 8.79. The first kappa shape index (κ1) is 50.5. The minimum Gasteiger partial charge on any atom is -0.741 e. The molecule has 5 aromatic carbocycles. The van der Waals surface area contributed by atoms with Crippen LogP contribution in [0.4, 0.5) is 65.9 Å². The Kier molecular flexibility index (Phi) is 14.2. The third kappa shape index (κ3) is 13.2. The summed E-state index contributed by atoms with van der Waals surface area (Å²) in [6.45, 7) is 0. The average Bonchev–Trinajstić information content (AvgIpc) is 3.14. The van der Waals surface area contributed by atoms with Crippen molar-refractivity contribution >= 4 is 41.2 Å². The van der Waals surface area contributed by atoms with E-state index in [2.05, 4.69) is 0 Å². The van der Waals surface area contributed by atoms with Gasteiger partial charge < -0.3 is 12.9 Å². The number of benzene rings is 5. The Labute approximate surface area is 348 Å². The maximum Gasteiger partial charge on any atom is 0.485 e. The van der Waals surface area contributed by atoms with Crippen LogP contribution in [0.15, 0.2) is 140 Å². The topological polar surface area (TPSA) is 144 Å². The van der Waals surface area contributed by atoms with Gasteiger partial charge in [0.2, 0.25) is 0 Å². The summed E-state index contributed by atoms with van der Waals surface area (Å²) in [5.74, 6) is -0.993. The molecule has 0 amide bonds. The van der Waals surface area contributed by atoms with E-state index in [0.29, 0.717) is 14.7 Å². The van der Waals surface area contributed by atoms with Crippen molar-refractivity contribution in [3.8, 4) is 11.5 Å². The lowest BCUT2D eigenvalue weighted by atomic mass is 10.1. The van der Waals surface area contributed by atoms with Crippen molar-refractivity contribution in [3.05, 3.63) is 138 Å². The van der Waals surface area contributed by atoms with E-state index in [4.69, 9.17) is 21.3 Å². The summed E-state index contributed by atoms with van der Waals surface area (Å²) in [6.07, 6.45) is -21.3. The second kappa shape index (κ2) is 17.8. The summed E-state index contributed by atoms with van der Waals surface area (Å²) in [6, 6.07) is 17.4. The van der Waals surface area contributed by atoms with E-state index >= 15 is 0 Å². The fraction of sp³-hybridized carbons (Fsp3) is 0.143. The van der Waals surface area contributed by atoms with E-state index in [0.717, 1.165) is 24.3 Å². The number of hydrogen-bond acceptors (Lipinski definition) is 9. The van der Waals surface area contributed by atoms with Gasteiger partial charge in [0.25, 0.3) is 0 Å². The third-order valence-corrected chi connectivity index (χ3v) is 12.7. The highest BCUT2D eigenvalue weighted by Crippen LogP contribution is 2.40. The normalized spacial score (nSPS) is 13.3. The number of halogens is 15. The minimum atomic E-state index is -6.09. The van der Waals surface area contributed by atoms with Gasteiger partial charge in [0, 0.05) is 0 Å². The van der Waals surface area contributed by atoms with Crippen LogP contribution in [0.1, 0.15) is 22.3 Å².